The molecule has 19 heavy (non-hydrogen) atoms. The van der Waals surface area contributed by atoms with Crippen molar-refractivity contribution in [1.29, 1.82) is 0 Å². The van der Waals surface area contributed by atoms with Crippen molar-refractivity contribution >= 4 is 0 Å². The van der Waals surface area contributed by atoms with Crippen LogP contribution in [0.15, 0.2) is 4.52 Å². The Morgan fingerprint density at radius 2 is 2.05 bits per heavy atom. The van der Waals surface area contributed by atoms with Crippen LogP contribution in [-0.4, -0.2) is 22.9 Å². The molecule has 0 saturated heterocycles. The Labute approximate surface area is 114 Å². The molecule has 1 heterocycles. The average Bonchev–Trinajstić information content (AvgIpc) is 2.95. The molecule has 1 aliphatic rings. The minimum absolute atomic E-state index is 0.0280. The summed E-state index contributed by atoms with van der Waals surface area (Å²) in [4.78, 5) is 4.53. The van der Waals surface area contributed by atoms with Crippen molar-refractivity contribution in [2.75, 3.05) is 6.61 Å². The van der Waals surface area contributed by atoms with E-state index in [1.807, 2.05) is 20.8 Å². The molecular weight excluding hydrogens is 242 g/mol. The molecular formula is C14H25N3O2. The molecule has 1 unspecified atom stereocenters. The molecule has 1 atom stereocenters. The van der Waals surface area contributed by atoms with Crippen LogP contribution in [0, 0.1) is 0 Å². The van der Waals surface area contributed by atoms with Gasteiger partial charge in [-0.05, 0) is 33.6 Å². The lowest BCUT2D eigenvalue weighted by Crippen LogP contribution is -2.40. The van der Waals surface area contributed by atoms with Gasteiger partial charge in [0.25, 0.3) is 0 Å². The van der Waals surface area contributed by atoms with E-state index >= 15 is 0 Å². The fraction of sp³-hybridized carbons (Fsp3) is 0.857. The van der Waals surface area contributed by atoms with Gasteiger partial charge in [-0.2, -0.15) is 4.98 Å². The van der Waals surface area contributed by atoms with Gasteiger partial charge in [-0.1, -0.05) is 24.9 Å². The van der Waals surface area contributed by atoms with Crippen LogP contribution in [0.1, 0.15) is 65.1 Å². The maximum atomic E-state index is 6.23. The minimum Gasteiger partial charge on any atom is -0.376 e. The first-order chi connectivity index (χ1) is 8.83. The standard InChI is InChI=1S/C14H25N3O2/c1-10(2)18-9-14(4,15)11-16-12(19-17-11)13(3)7-5-6-8-13/h10H,5-9,15H2,1-4H3. The summed E-state index contributed by atoms with van der Waals surface area (Å²) < 4.78 is 11.0. The van der Waals surface area contributed by atoms with Crippen molar-refractivity contribution < 1.29 is 9.26 Å². The molecule has 1 fully saturated rings. The largest absolute Gasteiger partial charge is 0.376 e. The van der Waals surface area contributed by atoms with Crippen molar-refractivity contribution in [2.24, 2.45) is 5.73 Å². The Morgan fingerprint density at radius 1 is 1.42 bits per heavy atom. The predicted molar refractivity (Wildman–Crippen MR) is 72.7 cm³/mol. The monoisotopic (exact) mass is 267 g/mol. The Bertz CT molecular complexity index is 420. The highest BCUT2D eigenvalue weighted by atomic mass is 16.5. The highest BCUT2D eigenvalue weighted by Gasteiger charge is 2.38. The van der Waals surface area contributed by atoms with E-state index in [9.17, 15) is 0 Å². The Morgan fingerprint density at radius 3 is 2.63 bits per heavy atom. The molecule has 0 bridgehead atoms. The normalized spacial score (nSPS) is 21.8. The van der Waals surface area contributed by atoms with Gasteiger partial charge in [-0.25, -0.2) is 0 Å². The van der Waals surface area contributed by atoms with E-state index in [2.05, 4.69) is 17.1 Å². The second-order valence-electron chi connectivity index (χ2n) is 6.47. The number of ether oxygens (including phenoxy) is 1. The number of rotatable bonds is 5. The third-order valence-electron chi connectivity index (χ3n) is 3.88. The first-order valence-corrected chi connectivity index (χ1v) is 7.09. The highest BCUT2D eigenvalue weighted by Crippen LogP contribution is 2.39. The Kier molecular flexibility index (Phi) is 3.97. The van der Waals surface area contributed by atoms with Gasteiger partial charge >= 0.3 is 0 Å². The zero-order valence-corrected chi connectivity index (χ0v) is 12.4. The molecule has 5 heteroatoms. The molecule has 108 valence electrons. The van der Waals surface area contributed by atoms with Crippen molar-refractivity contribution in [3.8, 4) is 0 Å². The summed E-state index contributed by atoms with van der Waals surface area (Å²) in [7, 11) is 0. The maximum Gasteiger partial charge on any atom is 0.232 e. The lowest BCUT2D eigenvalue weighted by molar-refractivity contribution is 0.0410. The van der Waals surface area contributed by atoms with E-state index in [0.29, 0.717) is 12.4 Å². The molecule has 0 aliphatic heterocycles. The number of hydrogen-bond acceptors (Lipinski definition) is 5. The number of aromatic nitrogens is 2. The Hall–Kier alpha value is -0.940. The minimum atomic E-state index is -0.707. The smallest absolute Gasteiger partial charge is 0.232 e. The topological polar surface area (TPSA) is 74.2 Å². The van der Waals surface area contributed by atoms with E-state index in [-0.39, 0.29) is 11.5 Å². The first-order valence-electron chi connectivity index (χ1n) is 7.09. The molecule has 2 N–H and O–H groups in total. The van der Waals surface area contributed by atoms with Gasteiger partial charge in [0.05, 0.1) is 12.7 Å². The van der Waals surface area contributed by atoms with Crippen LogP contribution in [0.4, 0.5) is 0 Å². The predicted octanol–water partition coefficient (Wildman–Crippen LogP) is 2.50. The summed E-state index contributed by atoms with van der Waals surface area (Å²) in [5.41, 5.74) is 5.55. The molecule has 5 nitrogen and oxygen atoms in total. The van der Waals surface area contributed by atoms with Crippen molar-refractivity contribution in [1.82, 2.24) is 10.1 Å². The molecule has 2 rings (SSSR count). The average molecular weight is 267 g/mol. The van der Waals surface area contributed by atoms with Gasteiger partial charge in [-0.15, -0.1) is 0 Å². The van der Waals surface area contributed by atoms with Crippen LogP contribution in [0.25, 0.3) is 0 Å². The summed E-state index contributed by atoms with van der Waals surface area (Å²) in [5.74, 6) is 1.26. The van der Waals surface area contributed by atoms with Crippen LogP contribution in [0.2, 0.25) is 0 Å². The van der Waals surface area contributed by atoms with Crippen molar-refractivity contribution in [3.63, 3.8) is 0 Å². The van der Waals surface area contributed by atoms with E-state index in [4.69, 9.17) is 15.0 Å². The van der Waals surface area contributed by atoms with E-state index in [1.54, 1.807) is 0 Å². The fourth-order valence-corrected chi connectivity index (χ4v) is 2.47. The van der Waals surface area contributed by atoms with Crippen molar-refractivity contribution in [2.45, 2.75) is 70.4 Å². The van der Waals surface area contributed by atoms with E-state index in [0.717, 1.165) is 18.7 Å². The van der Waals surface area contributed by atoms with Gasteiger partial charge < -0.3 is 15.0 Å². The Balaban J connectivity index is 2.11. The molecule has 0 aromatic carbocycles. The zero-order chi connectivity index (χ0) is 14.1. The lowest BCUT2D eigenvalue weighted by Gasteiger charge is -2.22. The summed E-state index contributed by atoms with van der Waals surface area (Å²) in [6.07, 6.45) is 4.81. The molecule has 1 aromatic rings. The quantitative estimate of drug-likeness (QED) is 0.887. The lowest BCUT2D eigenvalue weighted by atomic mass is 9.89. The van der Waals surface area contributed by atoms with Crippen LogP contribution in [0.3, 0.4) is 0 Å². The van der Waals surface area contributed by atoms with Gasteiger partial charge in [-0.3, -0.25) is 0 Å². The van der Waals surface area contributed by atoms with E-state index < -0.39 is 5.54 Å². The maximum absolute atomic E-state index is 6.23. The third kappa shape index (κ3) is 3.15. The molecule has 0 spiro atoms. The van der Waals surface area contributed by atoms with Crippen molar-refractivity contribution in [3.05, 3.63) is 11.7 Å². The van der Waals surface area contributed by atoms with Crippen LogP contribution in [-0.2, 0) is 15.7 Å². The summed E-state index contributed by atoms with van der Waals surface area (Å²) >= 11 is 0. The van der Waals surface area contributed by atoms with Crippen LogP contribution in [0.5, 0.6) is 0 Å². The summed E-state index contributed by atoms with van der Waals surface area (Å²) in [6.45, 7) is 8.42. The van der Waals surface area contributed by atoms with Gasteiger partial charge in [0.2, 0.25) is 5.89 Å². The first kappa shape index (κ1) is 14.5. The van der Waals surface area contributed by atoms with E-state index in [1.165, 1.54) is 12.8 Å². The zero-order valence-electron chi connectivity index (χ0n) is 12.4. The third-order valence-corrected chi connectivity index (χ3v) is 3.88. The highest BCUT2D eigenvalue weighted by molar-refractivity contribution is 5.09. The van der Waals surface area contributed by atoms with Gasteiger partial charge in [0, 0.05) is 5.41 Å². The van der Waals surface area contributed by atoms with Crippen LogP contribution >= 0.6 is 0 Å². The number of nitrogens with zero attached hydrogens (tertiary/aromatic N) is 2. The van der Waals surface area contributed by atoms with Crippen LogP contribution < -0.4 is 5.73 Å². The summed E-state index contributed by atoms with van der Waals surface area (Å²) in [6, 6.07) is 0. The van der Waals surface area contributed by atoms with Gasteiger partial charge in [0.1, 0.15) is 5.54 Å². The SMILES string of the molecule is CC(C)OCC(C)(N)c1noc(C2(C)CCCC2)n1. The molecule has 1 aromatic heterocycles. The fourth-order valence-electron chi connectivity index (χ4n) is 2.47. The summed E-state index contributed by atoms with van der Waals surface area (Å²) in [5, 5.41) is 4.06. The molecule has 0 radical (unpaired) electrons. The number of hydrogen-bond donors (Lipinski definition) is 1. The molecule has 0 amide bonds. The number of nitrogens with two attached hydrogens (primary N) is 1. The molecule has 1 saturated carbocycles. The second-order valence-corrected chi connectivity index (χ2v) is 6.47. The molecule has 1 aliphatic carbocycles. The second kappa shape index (κ2) is 5.21. The van der Waals surface area contributed by atoms with Gasteiger partial charge in [0.15, 0.2) is 5.82 Å².